The predicted octanol–water partition coefficient (Wildman–Crippen LogP) is 3.00. The van der Waals surface area contributed by atoms with E-state index in [4.69, 9.17) is 10.5 Å². The molecular weight excluding hydrogens is 286 g/mol. The number of rotatable bonds is 3. The van der Waals surface area contributed by atoms with Crippen LogP contribution in [0.4, 0.5) is 11.5 Å². The monoisotopic (exact) mass is 303 g/mol. The lowest BCUT2D eigenvalue weighted by molar-refractivity contribution is 0.0601. The molecule has 5 nitrogen and oxygen atoms in total. The molecular formula is C15H17N3O2S. The van der Waals surface area contributed by atoms with Crippen LogP contribution < -0.4 is 11.1 Å². The van der Waals surface area contributed by atoms with Gasteiger partial charge in [-0.3, -0.25) is 0 Å². The minimum absolute atomic E-state index is 0.180. The largest absolute Gasteiger partial charge is 0.465 e. The second kappa shape index (κ2) is 5.73. The number of nitrogens with one attached hydrogen (secondary N) is 1. The van der Waals surface area contributed by atoms with Crippen molar-refractivity contribution in [1.82, 2.24) is 4.98 Å². The summed E-state index contributed by atoms with van der Waals surface area (Å²) in [6.07, 6.45) is 4.83. The van der Waals surface area contributed by atoms with Gasteiger partial charge in [0, 0.05) is 4.88 Å². The second-order valence-corrected chi connectivity index (χ2v) is 6.05. The van der Waals surface area contributed by atoms with E-state index < -0.39 is 5.97 Å². The molecule has 0 radical (unpaired) electrons. The molecule has 0 amide bonds. The highest BCUT2D eigenvalue weighted by atomic mass is 32.1. The Labute approximate surface area is 127 Å². The van der Waals surface area contributed by atoms with Gasteiger partial charge in [-0.25, -0.2) is 9.78 Å². The first-order valence-electron chi connectivity index (χ1n) is 6.85. The summed E-state index contributed by atoms with van der Waals surface area (Å²) >= 11 is 1.79. The molecule has 3 rings (SSSR count). The molecule has 3 N–H and O–H groups in total. The van der Waals surface area contributed by atoms with Crippen LogP contribution in [0.25, 0.3) is 0 Å². The zero-order valence-electron chi connectivity index (χ0n) is 11.8. The Bertz CT molecular complexity index is 669. The van der Waals surface area contributed by atoms with E-state index >= 15 is 0 Å². The summed E-state index contributed by atoms with van der Waals surface area (Å²) in [6, 6.07) is 3.92. The van der Waals surface area contributed by atoms with Crippen molar-refractivity contribution in [3.8, 4) is 0 Å². The number of anilines is 2. The first-order valence-corrected chi connectivity index (χ1v) is 7.73. The van der Waals surface area contributed by atoms with Gasteiger partial charge < -0.3 is 15.8 Å². The molecule has 1 unspecified atom stereocenters. The smallest absolute Gasteiger partial charge is 0.341 e. The fourth-order valence-electron chi connectivity index (χ4n) is 2.66. The topological polar surface area (TPSA) is 77.2 Å². The van der Waals surface area contributed by atoms with Crippen LogP contribution in [0.2, 0.25) is 0 Å². The fraction of sp³-hybridized carbons (Fsp3) is 0.333. The van der Waals surface area contributed by atoms with Gasteiger partial charge in [-0.05, 0) is 42.3 Å². The molecule has 0 aliphatic heterocycles. The van der Waals surface area contributed by atoms with Crippen LogP contribution >= 0.6 is 11.3 Å². The van der Waals surface area contributed by atoms with Crippen LogP contribution in [0.1, 0.15) is 39.7 Å². The molecule has 1 aliphatic carbocycles. The van der Waals surface area contributed by atoms with Crippen molar-refractivity contribution in [2.75, 3.05) is 18.2 Å². The van der Waals surface area contributed by atoms with Gasteiger partial charge in [0.05, 0.1) is 25.0 Å². The molecule has 0 bridgehead atoms. The molecule has 0 fully saturated rings. The Morgan fingerprint density at radius 3 is 3.24 bits per heavy atom. The fourth-order valence-corrected chi connectivity index (χ4v) is 3.65. The summed E-state index contributed by atoms with van der Waals surface area (Å²) in [6.45, 7) is 0. The number of aromatic nitrogens is 1. The number of carbonyl (C=O) groups is 1. The Balaban J connectivity index is 1.91. The zero-order chi connectivity index (χ0) is 14.8. The van der Waals surface area contributed by atoms with Crippen LogP contribution in [-0.4, -0.2) is 18.1 Å². The number of esters is 1. The van der Waals surface area contributed by atoms with Crippen molar-refractivity contribution >= 4 is 28.8 Å². The Morgan fingerprint density at radius 2 is 2.43 bits per heavy atom. The number of nitrogen functional groups attached to an aromatic ring is 1. The summed E-state index contributed by atoms with van der Waals surface area (Å²) in [4.78, 5) is 17.5. The normalized spacial score (nSPS) is 17.1. The van der Waals surface area contributed by atoms with Crippen molar-refractivity contribution in [1.29, 1.82) is 0 Å². The van der Waals surface area contributed by atoms with Gasteiger partial charge in [-0.2, -0.15) is 0 Å². The molecule has 110 valence electrons. The van der Waals surface area contributed by atoms with Gasteiger partial charge in [0.1, 0.15) is 11.4 Å². The molecule has 0 spiro atoms. The number of ether oxygens (including phenoxy) is 1. The maximum Gasteiger partial charge on any atom is 0.341 e. The van der Waals surface area contributed by atoms with E-state index in [9.17, 15) is 4.79 Å². The lowest BCUT2D eigenvalue weighted by Crippen LogP contribution is -2.19. The molecule has 21 heavy (non-hydrogen) atoms. The molecule has 0 saturated carbocycles. The number of methoxy groups -OCH3 is 1. The number of fused-ring (bicyclic) bond motifs is 1. The van der Waals surface area contributed by atoms with Gasteiger partial charge in [-0.15, -0.1) is 11.3 Å². The summed E-state index contributed by atoms with van der Waals surface area (Å²) in [7, 11) is 1.35. The van der Waals surface area contributed by atoms with E-state index in [-0.39, 0.29) is 6.04 Å². The summed E-state index contributed by atoms with van der Waals surface area (Å²) in [5.41, 5.74) is 7.84. The summed E-state index contributed by atoms with van der Waals surface area (Å²) in [5.74, 6) is 0.0961. The maximum atomic E-state index is 11.9. The maximum absolute atomic E-state index is 11.9. The average Bonchev–Trinajstić information content (AvgIpc) is 2.97. The van der Waals surface area contributed by atoms with E-state index in [0.29, 0.717) is 17.1 Å². The van der Waals surface area contributed by atoms with Crippen molar-refractivity contribution in [3.63, 3.8) is 0 Å². The summed E-state index contributed by atoms with van der Waals surface area (Å²) < 4.78 is 4.80. The van der Waals surface area contributed by atoms with Crippen LogP contribution in [0.15, 0.2) is 23.7 Å². The minimum atomic E-state index is -0.432. The number of hydrogen-bond acceptors (Lipinski definition) is 6. The highest BCUT2D eigenvalue weighted by Gasteiger charge is 2.23. The van der Waals surface area contributed by atoms with Gasteiger partial charge in [0.2, 0.25) is 0 Å². The molecule has 2 aromatic rings. The number of thiophene rings is 1. The molecule has 0 aromatic carbocycles. The molecule has 6 heteroatoms. The highest BCUT2D eigenvalue weighted by Crippen LogP contribution is 2.35. The molecule has 2 aromatic heterocycles. The average molecular weight is 303 g/mol. The van der Waals surface area contributed by atoms with Gasteiger partial charge >= 0.3 is 5.97 Å². The lowest BCUT2D eigenvalue weighted by atomic mass is 9.94. The Hall–Kier alpha value is -2.08. The van der Waals surface area contributed by atoms with Crippen LogP contribution in [0.5, 0.6) is 0 Å². The van der Waals surface area contributed by atoms with E-state index in [1.165, 1.54) is 17.6 Å². The van der Waals surface area contributed by atoms with E-state index in [2.05, 4.69) is 21.7 Å². The van der Waals surface area contributed by atoms with Gasteiger partial charge in [0.15, 0.2) is 0 Å². The number of aryl methyl sites for hydroxylation is 1. The second-order valence-electron chi connectivity index (χ2n) is 5.04. The third-order valence-corrected chi connectivity index (χ3v) is 4.67. The third kappa shape index (κ3) is 2.71. The van der Waals surface area contributed by atoms with Crippen molar-refractivity contribution in [2.45, 2.75) is 25.3 Å². The van der Waals surface area contributed by atoms with Crippen LogP contribution in [0, 0.1) is 0 Å². The third-order valence-electron chi connectivity index (χ3n) is 3.68. The SMILES string of the molecule is COC(=O)c1cc(N)cnc1NC1CCCc2sccc21. The highest BCUT2D eigenvalue weighted by molar-refractivity contribution is 7.10. The van der Waals surface area contributed by atoms with Crippen molar-refractivity contribution in [2.24, 2.45) is 0 Å². The lowest BCUT2D eigenvalue weighted by Gasteiger charge is -2.25. The number of pyridine rings is 1. The van der Waals surface area contributed by atoms with Crippen molar-refractivity contribution in [3.05, 3.63) is 39.7 Å². The van der Waals surface area contributed by atoms with E-state index in [1.807, 2.05) is 0 Å². The van der Waals surface area contributed by atoms with Crippen molar-refractivity contribution < 1.29 is 9.53 Å². The van der Waals surface area contributed by atoms with Crippen LogP contribution in [-0.2, 0) is 11.2 Å². The van der Waals surface area contributed by atoms with E-state index in [0.717, 1.165) is 19.3 Å². The number of carbonyl (C=O) groups excluding carboxylic acids is 1. The predicted molar refractivity (Wildman–Crippen MR) is 83.6 cm³/mol. The number of nitrogens with two attached hydrogens (primary N) is 1. The van der Waals surface area contributed by atoms with Gasteiger partial charge in [0.25, 0.3) is 0 Å². The number of nitrogens with zero attached hydrogens (tertiary/aromatic N) is 1. The first kappa shape index (κ1) is 13.9. The first-order chi connectivity index (χ1) is 10.2. The summed E-state index contributed by atoms with van der Waals surface area (Å²) in [5, 5.41) is 5.49. The number of hydrogen-bond donors (Lipinski definition) is 2. The zero-order valence-corrected chi connectivity index (χ0v) is 12.6. The molecule has 2 heterocycles. The standard InChI is InChI=1S/C15H17N3O2S/c1-20-15(19)11-7-9(16)8-17-14(11)18-12-3-2-4-13-10(12)5-6-21-13/h5-8,12H,2-4,16H2,1H3,(H,17,18). The van der Waals surface area contributed by atoms with Crippen LogP contribution in [0.3, 0.4) is 0 Å². The molecule has 0 saturated heterocycles. The Kier molecular flexibility index (Phi) is 3.79. The quantitative estimate of drug-likeness (QED) is 0.852. The van der Waals surface area contributed by atoms with Gasteiger partial charge in [-0.1, -0.05) is 0 Å². The van der Waals surface area contributed by atoms with E-state index in [1.54, 1.807) is 23.6 Å². The molecule has 1 aliphatic rings. The Morgan fingerprint density at radius 1 is 1.57 bits per heavy atom. The molecule has 1 atom stereocenters. The minimum Gasteiger partial charge on any atom is -0.465 e.